The number of aryl methyl sites for hydroxylation is 2. The van der Waals surface area contributed by atoms with Crippen LogP contribution < -0.4 is 4.74 Å². The van der Waals surface area contributed by atoms with Crippen LogP contribution in [0.3, 0.4) is 0 Å². The summed E-state index contributed by atoms with van der Waals surface area (Å²) in [7, 11) is -3.64. The molecule has 2 heterocycles. The molecule has 0 radical (unpaired) electrons. The number of nitrogens with zero attached hydrogens (tertiary/aromatic N) is 3. The highest BCUT2D eigenvalue weighted by Crippen LogP contribution is 2.23. The molecule has 8 heteroatoms. The molecule has 0 aliphatic carbocycles. The van der Waals surface area contributed by atoms with Crippen LogP contribution in [-0.2, 0) is 10.0 Å². The highest BCUT2D eigenvalue weighted by molar-refractivity contribution is 7.89. The van der Waals surface area contributed by atoms with E-state index in [1.54, 1.807) is 0 Å². The molecule has 1 fully saturated rings. The van der Waals surface area contributed by atoms with Crippen LogP contribution in [0.2, 0.25) is 0 Å². The van der Waals surface area contributed by atoms with Crippen molar-refractivity contribution < 1.29 is 17.9 Å². The Balaban J connectivity index is 1.75. The summed E-state index contributed by atoms with van der Waals surface area (Å²) < 4.78 is 33.1. The number of hydrogen-bond acceptors (Lipinski definition) is 6. The normalized spacial score (nSPS) is 18.3. The topological polar surface area (TPSA) is 89.5 Å². The second-order valence-electron chi connectivity index (χ2n) is 6.76. The number of hydrogen-bond donors (Lipinski definition) is 0. The second kappa shape index (κ2) is 7.74. The van der Waals surface area contributed by atoms with E-state index in [0.29, 0.717) is 18.5 Å². The van der Waals surface area contributed by atoms with Crippen LogP contribution in [0.5, 0.6) is 6.01 Å². The van der Waals surface area contributed by atoms with Crippen LogP contribution in [0.15, 0.2) is 35.2 Å². The van der Waals surface area contributed by atoms with Gasteiger partial charge in [0.1, 0.15) is 6.10 Å². The Bertz CT molecular complexity index is 922. The maximum Gasteiger partial charge on any atom is 0.317 e. The van der Waals surface area contributed by atoms with E-state index >= 15 is 0 Å². The van der Waals surface area contributed by atoms with Gasteiger partial charge in [0.15, 0.2) is 5.78 Å². The van der Waals surface area contributed by atoms with Gasteiger partial charge in [-0.1, -0.05) is 12.1 Å². The SMILES string of the molecule is CC(=O)c1ccc(S(=O)(=O)N2CCCC(Oc3nc(C)cc(C)n3)C2)cc1. The molecule has 0 bridgehead atoms. The minimum atomic E-state index is -3.64. The van der Waals surface area contributed by atoms with Gasteiger partial charge in [0, 0.05) is 23.5 Å². The van der Waals surface area contributed by atoms with E-state index in [-0.39, 0.29) is 29.3 Å². The van der Waals surface area contributed by atoms with E-state index in [2.05, 4.69) is 9.97 Å². The Morgan fingerprint density at radius 1 is 1.15 bits per heavy atom. The first-order valence-corrected chi connectivity index (χ1v) is 10.3. The lowest BCUT2D eigenvalue weighted by Crippen LogP contribution is -2.44. The zero-order valence-electron chi connectivity index (χ0n) is 15.7. The van der Waals surface area contributed by atoms with Crippen LogP contribution in [-0.4, -0.2) is 47.7 Å². The second-order valence-corrected chi connectivity index (χ2v) is 8.70. The number of piperidine rings is 1. The van der Waals surface area contributed by atoms with E-state index in [1.165, 1.54) is 35.5 Å². The molecule has 27 heavy (non-hydrogen) atoms. The fourth-order valence-corrected chi connectivity index (χ4v) is 4.64. The third kappa shape index (κ3) is 4.51. The number of carbonyl (C=O) groups is 1. The maximum absolute atomic E-state index is 12.9. The first-order valence-electron chi connectivity index (χ1n) is 8.86. The quantitative estimate of drug-likeness (QED) is 0.730. The fraction of sp³-hybridized carbons (Fsp3) is 0.421. The summed E-state index contributed by atoms with van der Waals surface area (Å²) in [6, 6.07) is 8.16. The van der Waals surface area contributed by atoms with Gasteiger partial charge in [0.25, 0.3) is 0 Å². The molecule has 1 atom stereocenters. The van der Waals surface area contributed by atoms with Crippen molar-refractivity contribution in [2.75, 3.05) is 13.1 Å². The minimum Gasteiger partial charge on any atom is -0.459 e. The Hall–Kier alpha value is -2.32. The van der Waals surface area contributed by atoms with Gasteiger partial charge in [-0.15, -0.1) is 0 Å². The van der Waals surface area contributed by atoms with Crippen molar-refractivity contribution in [3.05, 3.63) is 47.3 Å². The number of sulfonamides is 1. The van der Waals surface area contributed by atoms with E-state index in [0.717, 1.165) is 17.8 Å². The summed E-state index contributed by atoms with van der Waals surface area (Å²) in [6.07, 6.45) is 1.14. The Morgan fingerprint density at radius 2 is 1.78 bits per heavy atom. The van der Waals surface area contributed by atoms with Gasteiger partial charge in [-0.2, -0.15) is 4.31 Å². The Kier molecular flexibility index (Phi) is 5.57. The standard InChI is InChI=1S/C19H23N3O4S/c1-13-11-14(2)21-19(20-13)26-17-5-4-10-22(12-17)27(24,25)18-8-6-16(7-9-18)15(3)23/h6-9,11,17H,4-5,10,12H2,1-3H3. The smallest absolute Gasteiger partial charge is 0.317 e. The summed E-state index contributed by atoms with van der Waals surface area (Å²) in [6.45, 7) is 5.86. The zero-order valence-corrected chi connectivity index (χ0v) is 16.5. The van der Waals surface area contributed by atoms with Gasteiger partial charge in [-0.25, -0.2) is 18.4 Å². The van der Waals surface area contributed by atoms with Crippen molar-refractivity contribution in [2.24, 2.45) is 0 Å². The van der Waals surface area contributed by atoms with Crippen molar-refractivity contribution in [2.45, 2.75) is 44.6 Å². The van der Waals surface area contributed by atoms with Crippen LogP contribution in [0, 0.1) is 13.8 Å². The monoisotopic (exact) mass is 389 g/mol. The predicted octanol–water partition coefficient (Wildman–Crippen LogP) is 2.53. The van der Waals surface area contributed by atoms with Crippen LogP contribution in [0.1, 0.15) is 41.5 Å². The van der Waals surface area contributed by atoms with Gasteiger partial charge in [0.2, 0.25) is 10.0 Å². The van der Waals surface area contributed by atoms with Crippen LogP contribution in [0.25, 0.3) is 0 Å². The molecule has 1 aliphatic rings. The average molecular weight is 389 g/mol. The number of ketones is 1. The number of ether oxygens (including phenoxy) is 1. The number of Topliss-reactive ketones (excluding diaryl/α,β-unsaturated/α-hetero) is 1. The van der Waals surface area contributed by atoms with Crippen molar-refractivity contribution in [3.63, 3.8) is 0 Å². The lowest BCUT2D eigenvalue weighted by atomic mass is 10.1. The molecule has 1 aromatic carbocycles. The lowest BCUT2D eigenvalue weighted by molar-refractivity contribution is 0.101. The minimum absolute atomic E-state index is 0.0983. The molecule has 1 aliphatic heterocycles. The van der Waals surface area contributed by atoms with Crippen LogP contribution >= 0.6 is 0 Å². The average Bonchev–Trinajstić information content (AvgIpc) is 2.61. The highest BCUT2D eigenvalue weighted by Gasteiger charge is 2.31. The summed E-state index contributed by atoms with van der Waals surface area (Å²) in [5.74, 6) is -0.0983. The number of carbonyl (C=O) groups excluding carboxylic acids is 1. The molecule has 0 amide bonds. The Morgan fingerprint density at radius 3 is 2.37 bits per heavy atom. The number of benzene rings is 1. The fourth-order valence-electron chi connectivity index (χ4n) is 3.13. The van der Waals surface area contributed by atoms with E-state index < -0.39 is 10.0 Å². The molecule has 0 N–H and O–H groups in total. The molecule has 1 saturated heterocycles. The van der Waals surface area contributed by atoms with Gasteiger partial charge < -0.3 is 4.74 Å². The number of aromatic nitrogens is 2. The van der Waals surface area contributed by atoms with Crippen molar-refractivity contribution in [3.8, 4) is 6.01 Å². The summed E-state index contributed by atoms with van der Waals surface area (Å²) in [5, 5.41) is 0. The van der Waals surface area contributed by atoms with E-state index in [9.17, 15) is 13.2 Å². The van der Waals surface area contributed by atoms with E-state index in [1.807, 2.05) is 19.9 Å². The highest BCUT2D eigenvalue weighted by atomic mass is 32.2. The lowest BCUT2D eigenvalue weighted by Gasteiger charge is -2.31. The molecule has 1 aromatic heterocycles. The summed E-state index contributed by atoms with van der Waals surface area (Å²) in [4.78, 5) is 20.1. The molecule has 3 rings (SSSR count). The maximum atomic E-state index is 12.9. The first-order chi connectivity index (χ1) is 12.8. The Labute approximate surface area is 159 Å². The van der Waals surface area contributed by atoms with E-state index in [4.69, 9.17) is 4.74 Å². The summed E-state index contributed by atoms with van der Waals surface area (Å²) >= 11 is 0. The zero-order chi connectivity index (χ0) is 19.6. The molecular weight excluding hydrogens is 366 g/mol. The molecule has 7 nitrogen and oxygen atoms in total. The predicted molar refractivity (Wildman–Crippen MR) is 100 cm³/mol. The third-order valence-corrected chi connectivity index (χ3v) is 6.35. The van der Waals surface area contributed by atoms with Crippen molar-refractivity contribution in [1.29, 1.82) is 0 Å². The molecule has 144 valence electrons. The first kappa shape index (κ1) is 19.4. The molecule has 0 saturated carbocycles. The van der Waals surface area contributed by atoms with Crippen LogP contribution in [0.4, 0.5) is 0 Å². The number of rotatable bonds is 5. The third-order valence-electron chi connectivity index (χ3n) is 4.47. The van der Waals surface area contributed by atoms with Crippen molar-refractivity contribution >= 4 is 15.8 Å². The largest absolute Gasteiger partial charge is 0.459 e. The summed E-state index contributed by atoms with van der Waals surface area (Å²) in [5.41, 5.74) is 2.10. The molecule has 2 aromatic rings. The molecular formula is C19H23N3O4S. The molecule has 1 unspecified atom stereocenters. The molecule has 0 spiro atoms. The van der Waals surface area contributed by atoms with Gasteiger partial charge in [0.05, 0.1) is 11.4 Å². The van der Waals surface area contributed by atoms with Crippen molar-refractivity contribution in [1.82, 2.24) is 14.3 Å². The van der Waals surface area contributed by atoms with Gasteiger partial charge in [-0.05, 0) is 51.8 Å². The van der Waals surface area contributed by atoms with Gasteiger partial charge in [-0.3, -0.25) is 4.79 Å². The van der Waals surface area contributed by atoms with Gasteiger partial charge >= 0.3 is 6.01 Å².